The molecule has 2 amide bonds. The fourth-order valence-electron chi connectivity index (χ4n) is 3.18. The molecule has 1 aliphatic heterocycles. The Bertz CT molecular complexity index is 727. The van der Waals surface area contributed by atoms with Crippen molar-refractivity contribution in [1.82, 2.24) is 10.2 Å². The average molecular weight is 358 g/mol. The molecule has 1 N–H and O–H groups in total. The summed E-state index contributed by atoms with van der Waals surface area (Å²) in [6.45, 7) is 7.15. The molecule has 0 bridgehead atoms. The van der Waals surface area contributed by atoms with E-state index in [0.29, 0.717) is 13.1 Å². The van der Waals surface area contributed by atoms with Crippen LogP contribution in [0.5, 0.6) is 0 Å². The Balaban J connectivity index is 1.57. The number of hydrogen-bond acceptors (Lipinski definition) is 2. The summed E-state index contributed by atoms with van der Waals surface area (Å²) in [5, 5.41) is 3.84. The highest BCUT2D eigenvalue weighted by atomic mass is 35.5. The highest BCUT2D eigenvalue weighted by Gasteiger charge is 2.23. The maximum atomic E-state index is 12.5. The third-order valence-corrected chi connectivity index (χ3v) is 4.95. The first-order chi connectivity index (χ1) is 12.0. The van der Waals surface area contributed by atoms with E-state index in [0.717, 1.165) is 29.4 Å². The summed E-state index contributed by atoms with van der Waals surface area (Å²) in [5.41, 5.74) is 3.48. The quantitative estimate of drug-likeness (QED) is 0.891. The summed E-state index contributed by atoms with van der Waals surface area (Å²) in [4.78, 5) is 16.7. The lowest BCUT2D eigenvalue weighted by molar-refractivity contribution is 0.191. The monoisotopic (exact) mass is 357 g/mol. The number of urea groups is 1. The topological polar surface area (TPSA) is 35.6 Å². The molecule has 0 aliphatic carbocycles. The highest BCUT2D eigenvalue weighted by molar-refractivity contribution is 6.30. The zero-order valence-electron chi connectivity index (χ0n) is 14.7. The van der Waals surface area contributed by atoms with Crippen molar-refractivity contribution < 1.29 is 4.79 Å². The van der Waals surface area contributed by atoms with E-state index >= 15 is 0 Å². The zero-order valence-corrected chi connectivity index (χ0v) is 15.5. The molecule has 4 nitrogen and oxygen atoms in total. The number of rotatable bonds is 3. The molecule has 2 aromatic rings. The number of carbonyl (C=O) groups excluding carboxylic acids is 1. The van der Waals surface area contributed by atoms with Gasteiger partial charge in [0, 0.05) is 36.9 Å². The van der Waals surface area contributed by atoms with E-state index in [1.54, 1.807) is 0 Å². The second-order valence-electron chi connectivity index (χ2n) is 6.49. The first kappa shape index (κ1) is 17.6. The number of anilines is 1. The first-order valence-corrected chi connectivity index (χ1v) is 9.04. The van der Waals surface area contributed by atoms with Gasteiger partial charge in [-0.1, -0.05) is 48.0 Å². The fourth-order valence-corrected chi connectivity index (χ4v) is 3.34. The Morgan fingerprint density at radius 3 is 2.44 bits per heavy atom. The highest BCUT2D eigenvalue weighted by Crippen LogP contribution is 2.25. The van der Waals surface area contributed by atoms with E-state index in [2.05, 4.69) is 17.1 Å². The van der Waals surface area contributed by atoms with Crippen molar-refractivity contribution in [3.05, 3.63) is 64.7 Å². The summed E-state index contributed by atoms with van der Waals surface area (Å²) in [7, 11) is 0. The number of carbonyl (C=O) groups is 1. The van der Waals surface area contributed by atoms with Crippen LogP contribution in [0.2, 0.25) is 5.02 Å². The van der Waals surface area contributed by atoms with Crippen LogP contribution >= 0.6 is 11.6 Å². The Morgan fingerprint density at radius 1 is 1.08 bits per heavy atom. The molecule has 1 atom stereocenters. The number of nitrogens with one attached hydrogen (secondary N) is 1. The number of hydrogen-bond donors (Lipinski definition) is 1. The Morgan fingerprint density at radius 2 is 1.76 bits per heavy atom. The van der Waals surface area contributed by atoms with E-state index in [-0.39, 0.29) is 12.1 Å². The minimum Gasteiger partial charge on any atom is -0.368 e. The van der Waals surface area contributed by atoms with Gasteiger partial charge in [-0.25, -0.2) is 4.79 Å². The molecule has 0 aromatic heterocycles. The van der Waals surface area contributed by atoms with Crippen LogP contribution in [0.3, 0.4) is 0 Å². The second-order valence-corrected chi connectivity index (χ2v) is 6.92. The van der Waals surface area contributed by atoms with Gasteiger partial charge in [0.25, 0.3) is 0 Å². The summed E-state index contributed by atoms with van der Waals surface area (Å²) < 4.78 is 0. The van der Waals surface area contributed by atoms with Crippen LogP contribution in [-0.2, 0) is 0 Å². The minimum absolute atomic E-state index is 0.00109. The molecule has 3 rings (SSSR count). The standard InChI is InChI=1S/C20H24ClN3O/c1-15-8-9-18(21)14-19(15)23-10-12-24(13-11-23)20(25)22-16(2)17-6-4-3-5-7-17/h3-9,14,16H,10-13H2,1-2H3,(H,22,25). The maximum absolute atomic E-state index is 12.5. The molecule has 1 unspecified atom stereocenters. The van der Waals surface area contributed by atoms with Crippen LogP contribution in [0.15, 0.2) is 48.5 Å². The van der Waals surface area contributed by atoms with E-state index < -0.39 is 0 Å². The fraction of sp³-hybridized carbons (Fsp3) is 0.350. The van der Waals surface area contributed by atoms with Gasteiger partial charge < -0.3 is 15.1 Å². The van der Waals surface area contributed by atoms with Gasteiger partial charge in [-0.15, -0.1) is 0 Å². The molecule has 132 valence electrons. The van der Waals surface area contributed by atoms with Crippen LogP contribution in [0.25, 0.3) is 0 Å². The van der Waals surface area contributed by atoms with E-state index in [4.69, 9.17) is 11.6 Å². The summed E-state index contributed by atoms with van der Waals surface area (Å²) >= 11 is 6.13. The molecular formula is C20H24ClN3O. The molecule has 0 radical (unpaired) electrons. The molecule has 0 spiro atoms. The molecule has 0 saturated carbocycles. The lowest BCUT2D eigenvalue weighted by Crippen LogP contribution is -2.52. The van der Waals surface area contributed by atoms with Crippen molar-refractivity contribution in [2.24, 2.45) is 0 Å². The van der Waals surface area contributed by atoms with Crippen molar-refractivity contribution in [1.29, 1.82) is 0 Å². The van der Waals surface area contributed by atoms with E-state index in [1.807, 2.05) is 60.4 Å². The summed E-state index contributed by atoms with van der Waals surface area (Å²) in [6, 6.07) is 16.0. The molecule has 1 fully saturated rings. The van der Waals surface area contributed by atoms with Crippen LogP contribution in [0.4, 0.5) is 10.5 Å². The van der Waals surface area contributed by atoms with Gasteiger partial charge in [-0.3, -0.25) is 0 Å². The Kier molecular flexibility index (Phi) is 5.49. The van der Waals surface area contributed by atoms with E-state index in [1.165, 1.54) is 5.56 Å². The van der Waals surface area contributed by atoms with Crippen molar-refractivity contribution in [3.63, 3.8) is 0 Å². The molecule has 25 heavy (non-hydrogen) atoms. The van der Waals surface area contributed by atoms with Gasteiger partial charge in [0.1, 0.15) is 0 Å². The molecule has 5 heteroatoms. The van der Waals surface area contributed by atoms with Gasteiger partial charge in [-0.2, -0.15) is 0 Å². The second kappa shape index (κ2) is 7.79. The summed E-state index contributed by atoms with van der Waals surface area (Å²) in [6.07, 6.45) is 0. The van der Waals surface area contributed by atoms with Crippen molar-refractivity contribution in [3.8, 4) is 0 Å². The SMILES string of the molecule is Cc1ccc(Cl)cc1N1CCN(C(=O)NC(C)c2ccccc2)CC1. The van der Waals surface area contributed by atoms with Gasteiger partial charge in [0.2, 0.25) is 0 Å². The summed E-state index contributed by atoms with van der Waals surface area (Å²) in [5.74, 6) is 0. The van der Waals surface area contributed by atoms with Crippen LogP contribution < -0.4 is 10.2 Å². The predicted molar refractivity (Wildman–Crippen MR) is 103 cm³/mol. The molecular weight excluding hydrogens is 334 g/mol. The Labute approximate surface area is 154 Å². The smallest absolute Gasteiger partial charge is 0.317 e. The molecule has 1 heterocycles. The van der Waals surface area contributed by atoms with Gasteiger partial charge >= 0.3 is 6.03 Å². The number of benzene rings is 2. The lowest BCUT2D eigenvalue weighted by Gasteiger charge is -2.37. The molecule has 1 saturated heterocycles. The lowest BCUT2D eigenvalue weighted by atomic mass is 10.1. The number of amides is 2. The van der Waals surface area contributed by atoms with Gasteiger partial charge in [-0.05, 0) is 37.1 Å². The predicted octanol–water partition coefficient (Wildman–Crippen LogP) is 4.24. The average Bonchev–Trinajstić information content (AvgIpc) is 2.64. The normalized spacial score (nSPS) is 15.8. The van der Waals surface area contributed by atoms with Gasteiger partial charge in [0.15, 0.2) is 0 Å². The Hall–Kier alpha value is -2.20. The zero-order chi connectivity index (χ0) is 17.8. The number of halogens is 1. The number of piperazine rings is 1. The largest absolute Gasteiger partial charge is 0.368 e. The van der Waals surface area contributed by atoms with Crippen molar-refractivity contribution >= 4 is 23.3 Å². The van der Waals surface area contributed by atoms with Gasteiger partial charge in [0.05, 0.1) is 6.04 Å². The van der Waals surface area contributed by atoms with Crippen LogP contribution in [-0.4, -0.2) is 37.1 Å². The van der Waals surface area contributed by atoms with E-state index in [9.17, 15) is 4.79 Å². The molecule has 1 aliphatic rings. The number of aryl methyl sites for hydroxylation is 1. The van der Waals surface area contributed by atoms with Crippen LogP contribution in [0, 0.1) is 6.92 Å². The third-order valence-electron chi connectivity index (χ3n) is 4.72. The third kappa shape index (κ3) is 4.26. The molecule has 2 aromatic carbocycles. The minimum atomic E-state index is -0.00109. The van der Waals surface area contributed by atoms with Crippen LogP contribution in [0.1, 0.15) is 24.1 Å². The first-order valence-electron chi connectivity index (χ1n) is 8.66. The number of nitrogens with zero attached hydrogens (tertiary/aromatic N) is 2. The maximum Gasteiger partial charge on any atom is 0.317 e. The van der Waals surface area contributed by atoms with Crippen molar-refractivity contribution in [2.45, 2.75) is 19.9 Å². The van der Waals surface area contributed by atoms with Crippen molar-refractivity contribution in [2.75, 3.05) is 31.1 Å².